The third kappa shape index (κ3) is 3.97. The first-order chi connectivity index (χ1) is 13.1. The SMILES string of the molecule is Cc1ccc(-c2ccc(C)c(NC(=O)N3C[C@@H](C(F)(F)F)[C@H](C(=O)O)C3)c2)o1. The molecule has 6 nitrogen and oxygen atoms in total. The van der Waals surface area contributed by atoms with Crippen LogP contribution >= 0.6 is 0 Å². The third-order valence-electron chi connectivity index (χ3n) is 4.85. The van der Waals surface area contributed by atoms with Gasteiger partial charge in [-0.2, -0.15) is 13.2 Å². The van der Waals surface area contributed by atoms with Gasteiger partial charge < -0.3 is 19.7 Å². The van der Waals surface area contributed by atoms with Gasteiger partial charge in [0, 0.05) is 24.3 Å². The van der Waals surface area contributed by atoms with E-state index in [1.807, 2.05) is 0 Å². The predicted molar refractivity (Wildman–Crippen MR) is 94.9 cm³/mol. The van der Waals surface area contributed by atoms with Gasteiger partial charge in [-0.05, 0) is 37.6 Å². The fraction of sp³-hybridized carbons (Fsp3) is 0.368. The van der Waals surface area contributed by atoms with Crippen molar-refractivity contribution in [3.63, 3.8) is 0 Å². The number of hydrogen-bond acceptors (Lipinski definition) is 3. The summed E-state index contributed by atoms with van der Waals surface area (Å²) in [6.07, 6.45) is -4.69. The Hall–Kier alpha value is -2.97. The van der Waals surface area contributed by atoms with E-state index in [4.69, 9.17) is 9.52 Å². The van der Waals surface area contributed by atoms with Crippen LogP contribution in [0.15, 0.2) is 34.7 Å². The summed E-state index contributed by atoms with van der Waals surface area (Å²) in [4.78, 5) is 24.6. The van der Waals surface area contributed by atoms with Crippen LogP contribution in [-0.4, -0.2) is 41.3 Å². The number of alkyl halides is 3. The summed E-state index contributed by atoms with van der Waals surface area (Å²) >= 11 is 0. The fourth-order valence-electron chi connectivity index (χ4n) is 3.25. The van der Waals surface area contributed by atoms with Gasteiger partial charge in [0.15, 0.2) is 0 Å². The third-order valence-corrected chi connectivity index (χ3v) is 4.85. The Bertz CT molecular complexity index is 907. The molecular weight excluding hydrogens is 377 g/mol. The van der Waals surface area contributed by atoms with Crippen LogP contribution in [0.4, 0.5) is 23.7 Å². The summed E-state index contributed by atoms with van der Waals surface area (Å²) in [6.45, 7) is 2.35. The molecule has 0 saturated carbocycles. The maximum Gasteiger partial charge on any atom is 0.394 e. The lowest BCUT2D eigenvalue weighted by Gasteiger charge is -2.19. The Morgan fingerprint density at radius 2 is 1.89 bits per heavy atom. The monoisotopic (exact) mass is 396 g/mol. The molecule has 1 aromatic carbocycles. The molecule has 1 aliphatic heterocycles. The molecule has 2 heterocycles. The summed E-state index contributed by atoms with van der Waals surface area (Å²) in [7, 11) is 0. The number of carbonyl (C=O) groups is 2. The second kappa shape index (κ2) is 7.21. The number of rotatable bonds is 3. The van der Waals surface area contributed by atoms with E-state index in [-0.39, 0.29) is 0 Å². The number of carboxylic acids is 1. The van der Waals surface area contributed by atoms with Crippen LogP contribution in [0, 0.1) is 25.7 Å². The Kier molecular flexibility index (Phi) is 5.10. The summed E-state index contributed by atoms with van der Waals surface area (Å²) in [5.74, 6) is -4.02. The number of aryl methyl sites for hydroxylation is 2. The van der Waals surface area contributed by atoms with Crippen molar-refractivity contribution in [3.8, 4) is 11.3 Å². The van der Waals surface area contributed by atoms with Gasteiger partial charge >= 0.3 is 18.2 Å². The molecule has 150 valence electrons. The van der Waals surface area contributed by atoms with Crippen molar-refractivity contribution >= 4 is 17.7 Å². The zero-order valence-corrected chi connectivity index (χ0v) is 15.2. The average Bonchev–Trinajstić information content (AvgIpc) is 3.23. The van der Waals surface area contributed by atoms with Crippen LogP contribution in [0.2, 0.25) is 0 Å². The second-order valence-electron chi connectivity index (χ2n) is 6.87. The van der Waals surface area contributed by atoms with Crippen LogP contribution in [0.3, 0.4) is 0 Å². The number of amides is 2. The van der Waals surface area contributed by atoms with E-state index >= 15 is 0 Å². The summed E-state index contributed by atoms with van der Waals surface area (Å²) in [6, 6.07) is 8.02. The number of aliphatic carboxylic acids is 1. The molecule has 3 rings (SSSR count). The Labute approximate surface area is 158 Å². The van der Waals surface area contributed by atoms with Crippen LogP contribution in [0.5, 0.6) is 0 Å². The van der Waals surface area contributed by atoms with Gasteiger partial charge in [-0.25, -0.2) is 4.79 Å². The molecule has 2 amide bonds. The van der Waals surface area contributed by atoms with Gasteiger partial charge in [-0.15, -0.1) is 0 Å². The Morgan fingerprint density at radius 1 is 1.18 bits per heavy atom. The number of anilines is 1. The summed E-state index contributed by atoms with van der Waals surface area (Å²) in [5.41, 5.74) is 1.83. The highest BCUT2D eigenvalue weighted by Gasteiger charge is 2.53. The van der Waals surface area contributed by atoms with Crippen molar-refractivity contribution < 1.29 is 32.3 Å². The van der Waals surface area contributed by atoms with Crippen LogP contribution in [-0.2, 0) is 4.79 Å². The molecular formula is C19H19F3N2O4. The first-order valence-corrected chi connectivity index (χ1v) is 8.59. The zero-order chi connectivity index (χ0) is 20.6. The fourth-order valence-corrected chi connectivity index (χ4v) is 3.25. The first-order valence-electron chi connectivity index (χ1n) is 8.59. The number of carboxylic acid groups (broad SMARTS) is 1. The number of hydrogen-bond donors (Lipinski definition) is 2. The molecule has 0 bridgehead atoms. The molecule has 1 aromatic heterocycles. The minimum absolute atomic E-state index is 0.416. The molecule has 1 aliphatic rings. The number of likely N-dealkylation sites (tertiary alicyclic amines) is 1. The van der Waals surface area contributed by atoms with E-state index < -0.39 is 43.1 Å². The van der Waals surface area contributed by atoms with Gasteiger partial charge in [0.2, 0.25) is 0 Å². The van der Waals surface area contributed by atoms with Gasteiger partial charge in [0.1, 0.15) is 11.5 Å². The van der Waals surface area contributed by atoms with E-state index in [2.05, 4.69) is 5.32 Å². The van der Waals surface area contributed by atoms with E-state index in [9.17, 15) is 22.8 Å². The van der Waals surface area contributed by atoms with E-state index in [1.165, 1.54) is 0 Å². The Balaban J connectivity index is 1.79. The minimum atomic E-state index is -4.69. The highest BCUT2D eigenvalue weighted by molar-refractivity contribution is 5.91. The number of halogens is 3. The zero-order valence-electron chi connectivity index (χ0n) is 15.2. The molecule has 2 atom stereocenters. The number of nitrogens with zero attached hydrogens (tertiary/aromatic N) is 1. The number of benzene rings is 1. The van der Waals surface area contributed by atoms with Gasteiger partial charge in [-0.1, -0.05) is 12.1 Å². The maximum absolute atomic E-state index is 13.1. The van der Waals surface area contributed by atoms with Gasteiger partial charge in [0.25, 0.3) is 0 Å². The molecule has 0 spiro atoms. The summed E-state index contributed by atoms with van der Waals surface area (Å²) < 4.78 is 44.9. The van der Waals surface area contributed by atoms with E-state index in [1.54, 1.807) is 44.2 Å². The van der Waals surface area contributed by atoms with Gasteiger partial charge in [0.05, 0.1) is 11.8 Å². The van der Waals surface area contributed by atoms with Crippen LogP contribution < -0.4 is 5.32 Å². The highest BCUT2D eigenvalue weighted by Crippen LogP contribution is 2.38. The smallest absolute Gasteiger partial charge is 0.394 e. The standard InChI is InChI=1S/C19H19F3N2O4/c1-10-3-5-12(16-6-4-11(2)28-16)7-15(10)23-18(27)24-8-13(17(25)26)14(9-24)19(20,21)22/h3-7,13-14H,8-9H2,1-2H3,(H,23,27)(H,25,26)/t13-,14-/m1/s1. The normalized spacial score (nSPS) is 19.7. The molecule has 2 N–H and O–H groups in total. The topological polar surface area (TPSA) is 82.8 Å². The van der Waals surface area contributed by atoms with Crippen molar-refractivity contribution in [2.45, 2.75) is 20.0 Å². The minimum Gasteiger partial charge on any atom is -0.481 e. The maximum atomic E-state index is 13.1. The van der Waals surface area contributed by atoms with E-state index in [0.29, 0.717) is 22.6 Å². The molecule has 9 heteroatoms. The molecule has 28 heavy (non-hydrogen) atoms. The second-order valence-corrected chi connectivity index (χ2v) is 6.87. The molecule has 2 aromatic rings. The van der Waals surface area contributed by atoms with Crippen LogP contribution in [0.25, 0.3) is 11.3 Å². The number of nitrogens with one attached hydrogen (secondary N) is 1. The molecule has 0 radical (unpaired) electrons. The number of carbonyl (C=O) groups excluding carboxylic acids is 1. The van der Waals surface area contributed by atoms with Crippen molar-refractivity contribution in [3.05, 3.63) is 41.7 Å². The molecule has 1 saturated heterocycles. The number of furan rings is 1. The molecule has 0 unspecified atom stereocenters. The van der Waals surface area contributed by atoms with Crippen LogP contribution in [0.1, 0.15) is 11.3 Å². The molecule has 1 fully saturated rings. The van der Waals surface area contributed by atoms with Crippen molar-refractivity contribution in [2.75, 3.05) is 18.4 Å². The highest BCUT2D eigenvalue weighted by atomic mass is 19.4. The largest absolute Gasteiger partial charge is 0.481 e. The van der Waals surface area contributed by atoms with Crippen molar-refractivity contribution in [1.82, 2.24) is 4.90 Å². The quantitative estimate of drug-likeness (QED) is 0.811. The lowest BCUT2D eigenvalue weighted by molar-refractivity contribution is -0.187. The van der Waals surface area contributed by atoms with Crippen molar-refractivity contribution in [2.24, 2.45) is 11.8 Å². The lowest BCUT2D eigenvalue weighted by Crippen LogP contribution is -2.35. The van der Waals surface area contributed by atoms with Crippen molar-refractivity contribution in [1.29, 1.82) is 0 Å². The first kappa shape index (κ1) is 19.8. The predicted octanol–water partition coefficient (Wildman–Crippen LogP) is 4.29. The lowest BCUT2D eigenvalue weighted by atomic mass is 9.96. The Morgan fingerprint density at radius 3 is 2.43 bits per heavy atom. The van der Waals surface area contributed by atoms with E-state index in [0.717, 1.165) is 10.7 Å². The summed E-state index contributed by atoms with van der Waals surface area (Å²) in [5, 5.41) is 11.7. The number of urea groups is 1. The average molecular weight is 396 g/mol. The van der Waals surface area contributed by atoms with Gasteiger partial charge in [-0.3, -0.25) is 4.79 Å². The molecule has 0 aliphatic carbocycles.